The van der Waals surface area contributed by atoms with Gasteiger partial charge in [-0.2, -0.15) is 0 Å². The molecule has 1 aliphatic carbocycles. The van der Waals surface area contributed by atoms with Crippen molar-refractivity contribution in [2.45, 2.75) is 50.6 Å². The molecule has 3 aromatic carbocycles. The number of carboxylic acid groups (broad SMARTS) is 1. The second-order valence-corrected chi connectivity index (χ2v) is 11.2. The normalized spacial score (nSPS) is 21.3. The van der Waals surface area contributed by atoms with Crippen LogP contribution in [0.25, 0.3) is 38.8 Å². The number of aliphatic carboxylic acids is 1. The number of carbonyl (C=O) groups is 2. The van der Waals surface area contributed by atoms with Crippen LogP contribution >= 0.6 is 0 Å². The van der Waals surface area contributed by atoms with Crippen LogP contribution in [0.3, 0.4) is 0 Å². The van der Waals surface area contributed by atoms with Gasteiger partial charge in [-0.3, -0.25) is 0 Å². The Hall–Kier alpha value is -5.64. The first-order chi connectivity index (χ1) is 22.0. The first-order valence-corrected chi connectivity index (χ1v) is 13.9. The standard InChI is InChI=1S/C17H20O8.C15H8O7/c1-9-2-3-10(6-11(9)18)4-5-14(20)25-13-8-17(24,16(22)23)7-12(19)15(13)21;1-4-2-5-8-9-6(15(20)21-12(8)10(4)17)3-7(16)11(18)13(9)22-14(5)19/h2-6,12-13,15,18-19,21,24H,7-8H2,1H3,(H,22,23);2-3,16-18H,1H3/b5-4+;/t12-,13-,15-,17+;/m1./s1. The van der Waals surface area contributed by atoms with E-state index in [0.29, 0.717) is 16.7 Å². The van der Waals surface area contributed by atoms with Crippen LogP contribution in [0, 0.1) is 13.8 Å². The molecule has 8 N–H and O–H groups in total. The van der Waals surface area contributed by atoms with Gasteiger partial charge in [0.1, 0.15) is 18.0 Å². The van der Waals surface area contributed by atoms with Crippen LogP contribution < -0.4 is 11.3 Å². The Morgan fingerprint density at radius 3 is 2.04 bits per heavy atom. The maximum absolute atomic E-state index is 12.1. The van der Waals surface area contributed by atoms with Crippen molar-refractivity contribution < 1.29 is 64.0 Å². The predicted octanol–water partition coefficient (Wildman–Crippen LogP) is 1.87. The largest absolute Gasteiger partial charge is 0.508 e. The van der Waals surface area contributed by atoms with Crippen LogP contribution in [0.5, 0.6) is 23.0 Å². The summed E-state index contributed by atoms with van der Waals surface area (Å²) in [5, 5.41) is 78.2. The molecule has 0 saturated heterocycles. The lowest BCUT2D eigenvalue weighted by Crippen LogP contribution is -2.57. The Balaban J connectivity index is 0.000000185. The van der Waals surface area contributed by atoms with E-state index in [0.717, 1.165) is 12.1 Å². The highest BCUT2D eigenvalue weighted by Crippen LogP contribution is 2.42. The number of hydrogen-bond donors (Lipinski definition) is 8. The molecule has 2 heterocycles. The Kier molecular flexibility index (Phi) is 8.32. The van der Waals surface area contributed by atoms with E-state index in [9.17, 15) is 54.9 Å². The molecule has 15 heteroatoms. The van der Waals surface area contributed by atoms with E-state index in [1.54, 1.807) is 26.0 Å². The number of aliphatic hydroxyl groups is 3. The molecule has 6 rings (SSSR count). The van der Waals surface area contributed by atoms with Crippen LogP contribution in [0.1, 0.15) is 29.5 Å². The smallest absolute Gasteiger partial charge is 0.344 e. The first kappa shape index (κ1) is 32.7. The van der Waals surface area contributed by atoms with Crippen molar-refractivity contribution in [2.24, 2.45) is 0 Å². The maximum atomic E-state index is 12.1. The van der Waals surface area contributed by atoms with Crippen molar-refractivity contribution in [3.8, 4) is 23.0 Å². The highest BCUT2D eigenvalue weighted by molar-refractivity contribution is 6.21. The molecule has 5 aromatic rings. The van der Waals surface area contributed by atoms with E-state index in [4.69, 9.17) is 18.7 Å². The topological polar surface area (TPSA) is 266 Å². The van der Waals surface area contributed by atoms with Crippen molar-refractivity contribution in [2.75, 3.05) is 0 Å². The lowest BCUT2D eigenvalue weighted by molar-refractivity contribution is -0.196. The maximum Gasteiger partial charge on any atom is 0.344 e. The molecule has 0 amide bonds. The molecule has 0 spiro atoms. The predicted molar refractivity (Wildman–Crippen MR) is 163 cm³/mol. The summed E-state index contributed by atoms with van der Waals surface area (Å²) in [4.78, 5) is 47.2. The Morgan fingerprint density at radius 2 is 1.45 bits per heavy atom. The molecule has 246 valence electrons. The van der Waals surface area contributed by atoms with Gasteiger partial charge in [0.25, 0.3) is 0 Å². The van der Waals surface area contributed by atoms with Gasteiger partial charge in [-0.25, -0.2) is 19.2 Å². The third-order valence-corrected chi connectivity index (χ3v) is 7.93. The molecule has 0 unspecified atom stereocenters. The molecule has 1 aliphatic rings. The summed E-state index contributed by atoms with van der Waals surface area (Å²) in [6.07, 6.45) is -3.09. The minimum absolute atomic E-state index is 0.0604. The molecule has 2 aromatic heterocycles. The fourth-order valence-electron chi connectivity index (χ4n) is 5.34. The van der Waals surface area contributed by atoms with Gasteiger partial charge >= 0.3 is 23.2 Å². The van der Waals surface area contributed by atoms with Crippen LogP contribution in [0.15, 0.2) is 54.8 Å². The molecule has 47 heavy (non-hydrogen) atoms. The van der Waals surface area contributed by atoms with Crippen LogP contribution in [-0.2, 0) is 14.3 Å². The second-order valence-electron chi connectivity index (χ2n) is 11.2. The van der Waals surface area contributed by atoms with Crippen LogP contribution in [0.4, 0.5) is 0 Å². The van der Waals surface area contributed by atoms with Crippen LogP contribution in [0.2, 0.25) is 0 Å². The van der Waals surface area contributed by atoms with E-state index < -0.39 is 71.4 Å². The minimum atomic E-state index is -2.28. The summed E-state index contributed by atoms with van der Waals surface area (Å²) >= 11 is 0. The molecule has 0 radical (unpaired) electrons. The van der Waals surface area contributed by atoms with Gasteiger partial charge in [0.05, 0.1) is 16.9 Å². The van der Waals surface area contributed by atoms with Crippen molar-refractivity contribution >= 4 is 50.7 Å². The van der Waals surface area contributed by atoms with Crippen molar-refractivity contribution in [3.05, 3.63) is 73.9 Å². The minimum Gasteiger partial charge on any atom is -0.508 e. The summed E-state index contributed by atoms with van der Waals surface area (Å²) in [7, 11) is 0. The van der Waals surface area contributed by atoms with Crippen molar-refractivity contribution in [1.82, 2.24) is 0 Å². The number of phenols is 4. The number of hydrogen-bond acceptors (Lipinski definition) is 14. The van der Waals surface area contributed by atoms with Gasteiger partial charge in [-0.15, -0.1) is 0 Å². The van der Waals surface area contributed by atoms with Crippen LogP contribution in [-0.4, -0.2) is 76.7 Å². The fourth-order valence-corrected chi connectivity index (χ4v) is 5.34. The zero-order valence-electron chi connectivity index (χ0n) is 24.6. The van der Waals surface area contributed by atoms with E-state index >= 15 is 0 Å². The van der Waals surface area contributed by atoms with E-state index in [-0.39, 0.29) is 44.2 Å². The van der Waals surface area contributed by atoms with E-state index in [1.165, 1.54) is 18.2 Å². The zero-order valence-corrected chi connectivity index (χ0v) is 24.6. The monoisotopic (exact) mass is 652 g/mol. The number of aromatic hydroxyl groups is 4. The Morgan fingerprint density at radius 1 is 0.851 bits per heavy atom. The average Bonchev–Trinajstić information content (AvgIpc) is 3.00. The number of carbonyl (C=O) groups excluding carboxylic acids is 1. The van der Waals surface area contributed by atoms with Crippen molar-refractivity contribution in [3.63, 3.8) is 0 Å². The fraction of sp³-hybridized carbons (Fsp3) is 0.250. The number of esters is 1. The van der Waals surface area contributed by atoms with E-state index in [2.05, 4.69) is 0 Å². The number of ether oxygens (including phenoxy) is 1. The van der Waals surface area contributed by atoms with Gasteiger partial charge in [0.2, 0.25) is 5.75 Å². The third-order valence-electron chi connectivity index (χ3n) is 7.93. The summed E-state index contributed by atoms with van der Waals surface area (Å²) < 4.78 is 15.1. The van der Waals surface area contributed by atoms with Gasteiger partial charge in [0.15, 0.2) is 28.3 Å². The average molecular weight is 653 g/mol. The highest BCUT2D eigenvalue weighted by Gasteiger charge is 2.50. The SMILES string of the molecule is Cc1cc2c(=O)oc3c(O)c(O)cc4c(=O)oc(c1O)c2c34.Cc1ccc(/C=C/C(=O)O[C@@H]2C[C@](O)(C(=O)O)C[C@@H](O)[C@H]2O)cc1O. The Bertz CT molecular complexity index is 2100. The molecule has 0 bridgehead atoms. The number of carboxylic acids is 1. The molecule has 1 saturated carbocycles. The second kappa shape index (κ2) is 11.9. The lowest BCUT2D eigenvalue weighted by Gasteiger charge is -2.39. The van der Waals surface area contributed by atoms with Crippen molar-refractivity contribution in [1.29, 1.82) is 0 Å². The van der Waals surface area contributed by atoms with Gasteiger partial charge < -0.3 is 54.4 Å². The highest BCUT2D eigenvalue weighted by atomic mass is 16.6. The summed E-state index contributed by atoms with van der Waals surface area (Å²) in [6.45, 7) is 3.27. The molecule has 15 nitrogen and oxygen atoms in total. The van der Waals surface area contributed by atoms with Gasteiger partial charge in [-0.1, -0.05) is 12.1 Å². The van der Waals surface area contributed by atoms with Gasteiger partial charge in [-0.05, 0) is 54.8 Å². The van der Waals surface area contributed by atoms with E-state index in [1.807, 2.05) is 0 Å². The molecular formula is C32H28O15. The number of rotatable bonds is 4. The Labute approximate surface area is 262 Å². The lowest BCUT2D eigenvalue weighted by atomic mass is 9.79. The quantitative estimate of drug-likeness (QED) is 0.0453. The number of phenolic OH excluding ortho intramolecular Hbond substituents is 4. The number of aliphatic hydroxyl groups excluding tert-OH is 2. The number of benzene rings is 3. The molecular weight excluding hydrogens is 624 g/mol. The summed E-state index contributed by atoms with van der Waals surface area (Å²) in [6, 6.07) is 7.21. The third kappa shape index (κ3) is 5.90. The number of aryl methyl sites for hydroxylation is 2. The molecule has 1 fully saturated rings. The van der Waals surface area contributed by atoms with Gasteiger partial charge in [0, 0.05) is 29.7 Å². The molecule has 4 atom stereocenters. The first-order valence-electron chi connectivity index (χ1n) is 13.9. The summed E-state index contributed by atoms with van der Waals surface area (Å²) in [5.74, 6) is -3.92. The summed E-state index contributed by atoms with van der Waals surface area (Å²) in [5.41, 5.74) is -2.83. The zero-order chi connectivity index (χ0) is 34.5. The molecule has 0 aliphatic heterocycles.